The number of carbonyl (C=O) groups is 2. The third-order valence-electron chi connectivity index (χ3n) is 5.64. The molecule has 1 saturated carbocycles. The Labute approximate surface area is 193 Å². The second-order valence-corrected chi connectivity index (χ2v) is 8.50. The van der Waals surface area contributed by atoms with Crippen molar-refractivity contribution < 1.29 is 14.3 Å². The Balaban J connectivity index is 1.91. The number of halogens is 2. The predicted octanol–water partition coefficient (Wildman–Crippen LogP) is 5.11. The number of methoxy groups -OCH3 is 1. The van der Waals surface area contributed by atoms with Crippen LogP contribution in [0.3, 0.4) is 0 Å². The minimum atomic E-state index is -0.799. The minimum absolute atomic E-state index is 0.130. The highest BCUT2D eigenvalue weighted by atomic mass is 35.5. The standard InChI is InChI=1S/C24H28Cl2N2O3/c1-31-21-13-7-17(8-14-21)16-28(22(29)15-25)23(18-9-11-19(26)12-10-18)24(30)27-20-5-3-2-4-6-20/h7-14,20,23H,2-6,15-16H2,1H3,(H,27,30)/t23-/m1/s1. The summed E-state index contributed by atoms with van der Waals surface area (Å²) in [6.45, 7) is 0.251. The van der Waals surface area contributed by atoms with Crippen LogP contribution in [0.5, 0.6) is 5.75 Å². The summed E-state index contributed by atoms with van der Waals surface area (Å²) < 4.78 is 5.22. The van der Waals surface area contributed by atoms with Crippen LogP contribution >= 0.6 is 23.2 Å². The number of rotatable bonds is 8. The van der Waals surface area contributed by atoms with E-state index in [0.29, 0.717) is 10.6 Å². The summed E-state index contributed by atoms with van der Waals surface area (Å²) in [7, 11) is 1.60. The Bertz CT molecular complexity index is 865. The average molecular weight is 463 g/mol. The van der Waals surface area contributed by atoms with E-state index in [2.05, 4.69) is 5.32 Å². The molecule has 2 aromatic carbocycles. The highest BCUT2D eigenvalue weighted by Crippen LogP contribution is 2.27. The van der Waals surface area contributed by atoms with E-state index in [-0.39, 0.29) is 30.3 Å². The fourth-order valence-electron chi connectivity index (χ4n) is 3.97. The van der Waals surface area contributed by atoms with Crippen LogP contribution in [0.2, 0.25) is 5.02 Å². The Hall–Kier alpha value is -2.24. The number of benzene rings is 2. The van der Waals surface area contributed by atoms with Gasteiger partial charge in [0.25, 0.3) is 0 Å². The van der Waals surface area contributed by atoms with E-state index in [0.717, 1.165) is 37.0 Å². The fourth-order valence-corrected chi connectivity index (χ4v) is 4.25. The lowest BCUT2D eigenvalue weighted by Crippen LogP contribution is -2.47. The van der Waals surface area contributed by atoms with Crippen molar-refractivity contribution in [2.45, 2.75) is 50.7 Å². The van der Waals surface area contributed by atoms with Gasteiger partial charge in [0.05, 0.1) is 7.11 Å². The van der Waals surface area contributed by atoms with Crippen molar-refractivity contribution in [1.82, 2.24) is 10.2 Å². The maximum atomic E-state index is 13.4. The summed E-state index contributed by atoms with van der Waals surface area (Å²) in [6.07, 6.45) is 5.32. The Morgan fingerprint density at radius 2 is 1.71 bits per heavy atom. The molecule has 166 valence electrons. The van der Waals surface area contributed by atoms with Gasteiger partial charge < -0.3 is 15.0 Å². The third kappa shape index (κ3) is 6.37. The average Bonchev–Trinajstić information content (AvgIpc) is 2.80. The van der Waals surface area contributed by atoms with Gasteiger partial charge in [-0.3, -0.25) is 9.59 Å². The highest BCUT2D eigenvalue weighted by Gasteiger charge is 2.32. The number of nitrogens with one attached hydrogen (secondary N) is 1. The maximum Gasteiger partial charge on any atom is 0.247 e. The second kappa shape index (κ2) is 11.4. The van der Waals surface area contributed by atoms with Gasteiger partial charge in [-0.25, -0.2) is 0 Å². The fraction of sp³-hybridized carbons (Fsp3) is 0.417. The predicted molar refractivity (Wildman–Crippen MR) is 123 cm³/mol. The summed E-state index contributed by atoms with van der Waals surface area (Å²) in [5.41, 5.74) is 1.58. The van der Waals surface area contributed by atoms with Crippen LogP contribution in [0.1, 0.15) is 49.3 Å². The first-order valence-electron chi connectivity index (χ1n) is 10.6. The molecule has 1 aliphatic carbocycles. The van der Waals surface area contributed by atoms with Crippen LogP contribution in [-0.4, -0.2) is 35.7 Å². The molecule has 5 nitrogen and oxygen atoms in total. The van der Waals surface area contributed by atoms with Gasteiger partial charge in [0.15, 0.2) is 0 Å². The monoisotopic (exact) mass is 462 g/mol. The van der Waals surface area contributed by atoms with E-state index in [1.165, 1.54) is 11.3 Å². The van der Waals surface area contributed by atoms with Gasteiger partial charge in [-0.05, 0) is 48.2 Å². The molecule has 0 aromatic heterocycles. The van der Waals surface area contributed by atoms with Crippen molar-refractivity contribution >= 4 is 35.0 Å². The SMILES string of the molecule is COc1ccc(CN(C(=O)CCl)[C@@H](C(=O)NC2CCCCC2)c2ccc(Cl)cc2)cc1. The van der Waals surface area contributed by atoms with Gasteiger partial charge in [-0.1, -0.05) is 55.1 Å². The molecule has 3 rings (SSSR count). The summed E-state index contributed by atoms with van der Waals surface area (Å²) in [5, 5.41) is 3.74. The van der Waals surface area contributed by atoms with Crippen LogP contribution in [0, 0.1) is 0 Å². The number of nitrogens with zero attached hydrogens (tertiary/aromatic N) is 1. The summed E-state index contributed by atoms with van der Waals surface area (Å²) >= 11 is 12.0. The largest absolute Gasteiger partial charge is 0.497 e. The molecule has 1 atom stereocenters. The zero-order chi connectivity index (χ0) is 22.2. The van der Waals surface area contributed by atoms with E-state index in [4.69, 9.17) is 27.9 Å². The summed E-state index contributed by atoms with van der Waals surface area (Å²) in [5.74, 6) is 0.0115. The lowest BCUT2D eigenvalue weighted by Gasteiger charge is -2.33. The van der Waals surface area contributed by atoms with Crippen LogP contribution in [0.25, 0.3) is 0 Å². The van der Waals surface area contributed by atoms with Crippen LogP contribution < -0.4 is 10.1 Å². The van der Waals surface area contributed by atoms with Gasteiger partial charge in [-0.2, -0.15) is 0 Å². The molecule has 0 spiro atoms. The van der Waals surface area contributed by atoms with Crippen LogP contribution in [0.4, 0.5) is 0 Å². The molecule has 0 saturated heterocycles. The van der Waals surface area contributed by atoms with Gasteiger partial charge in [0.2, 0.25) is 11.8 Å². The van der Waals surface area contributed by atoms with Crippen LogP contribution in [-0.2, 0) is 16.1 Å². The molecule has 0 radical (unpaired) electrons. The second-order valence-electron chi connectivity index (χ2n) is 7.80. The highest BCUT2D eigenvalue weighted by molar-refractivity contribution is 6.30. The number of hydrogen-bond acceptors (Lipinski definition) is 3. The van der Waals surface area contributed by atoms with Gasteiger partial charge in [0.1, 0.15) is 17.7 Å². The first-order valence-corrected chi connectivity index (χ1v) is 11.5. The third-order valence-corrected chi connectivity index (χ3v) is 6.12. The van der Waals surface area contributed by atoms with Crippen LogP contribution in [0.15, 0.2) is 48.5 Å². The molecule has 1 aliphatic rings. The first-order chi connectivity index (χ1) is 15.0. The molecule has 2 amide bonds. The topological polar surface area (TPSA) is 58.6 Å². The lowest BCUT2D eigenvalue weighted by molar-refractivity contribution is -0.140. The van der Waals surface area contributed by atoms with Crippen molar-refractivity contribution in [3.05, 3.63) is 64.7 Å². The van der Waals surface area contributed by atoms with E-state index in [1.54, 1.807) is 31.4 Å². The molecule has 0 aliphatic heterocycles. The molecule has 31 heavy (non-hydrogen) atoms. The normalized spacial score (nSPS) is 15.2. The van der Waals surface area contributed by atoms with Crippen molar-refractivity contribution in [3.8, 4) is 5.75 Å². The summed E-state index contributed by atoms with van der Waals surface area (Å²) in [6, 6.07) is 13.8. The summed E-state index contributed by atoms with van der Waals surface area (Å²) in [4.78, 5) is 27.9. The van der Waals surface area contributed by atoms with Crippen molar-refractivity contribution in [2.24, 2.45) is 0 Å². The number of alkyl halides is 1. The molecular weight excluding hydrogens is 435 g/mol. The number of amides is 2. The zero-order valence-electron chi connectivity index (χ0n) is 17.7. The van der Waals surface area contributed by atoms with E-state index >= 15 is 0 Å². The van der Waals surface area contributed by atoms with Crippen molar-refractivity contribution in [2.75, 3.05) is 13.0 Å². The van der Waals surface area contributed by atoms with Gasteiger partial charge in [-0.15, -0.1) is 11.6 Å². The molecule has 1 N–H and O–H groups in total. The maximum absolute atomic E-state index is 13.4. The molecule has 0 unspecified atom stereocenters. The van der Waals surface area contributed by atoms with Gasteiger partial charge >= 0.3 is 0 Å². The molecule has 0 heterocycles. The van der Waals surface area contributed by atoms with Crippen molar-refractivity contribution in [3.63, 3.8) is 0 Å². The minimum Gasteiger partial charge on any atom is -0.497 e. The quantitative estimate of drug-likeness (QED) is 0.554. The Kier molecular flexibility index (Phi) is 8.61. The smallest absolute Gasteiger partial charge is 0.247 e. The molecule has 2 aromatic rings. The van der Waals surface area contributed by atoms with E-state index in [1.807, 2.05) is 24.3 Å². The number of ether oxygens (including phenoxy) is 1. The molecule has 1 fully saturated rings. The zero-order valence-corrected chi connectivity index (χ0v) is 19.2. The Morgan fingerprint density at radius 1 is 1.06 bits per heavy atom. The van der Waals surface area contributed by atoms with E-state index in [9.17, 15) is 9.59 Å². The first kappa shape index (κ1) is 23.4. The molecular formula is C24H28Cl2N2O3. The molecule has 0 bridgehead atoms. The Morgan fingerprint density at radius 3 is 2.29 bits per heavy atom. The lowest BCUT2D eigenvalue weighted by atomic mass is 9.94. The number of hydrogen-bond donors (Lipinski definition) is 1. The molecule has 7 heteroatoms. The number of carbonyl (C=O) groups excluding carboxylic acids is 2. The van der Waals surface area contributed by atoms with Crippen molar-refractivity contribution in [1.29, 1.82) is 0 Å². The van der Waals surface area contributed by atoms with E-state index < -0.39 is 6.04 Å². The van der Waals surface area contributed by atoms with Gasteiger partial charge in [0, 0.05) is 17.6 Å².